The number of rotatable bonds is 5. The summed E-state index contributed by atoms with van der Waals surface area (Å²) in [6.07, 6.45) is 5.29. The Morgan fingerprint density at radius 1 is 1.00 bits per heavy atom. The number of hydrogen-bond donors (Lipinski definition) is 2. The molecule has 0 spiro atoms. The summed E-state index contributed by atoms with van der Waals surface area (Å²) >= 11 is 11.9. The number of anilines is 1. The molecule has 0 atom stereocenters. The standard InChI is InChI=1S/C22H23Cl2N3O2/c1-14(26-27-21(28)16-5-3-2-4-6-16)15-7-10-18(11-8-15)25-22(29)19-12-9-17(23)13-20(19)24/h7-13,16H,2-6H2,1H3,(H,25,29)(H,27,28). The van der Waals surface area contributed by atoms with Crippen molar-refractivity contribution in [1.29, 1.82) is 0 Å². The number of halogens is 2. The van der Waals surface area contributed by atoms with Crippen LogP contribution < -0.4 is 10.7 Å². The van der Waals surface area contributed by atoms with Crippen LogP contribution in [0.3, 0.4) is 0 Å². The van der Waals surface area contributed by atoms with Crippen molar-refractivity contribution in [3.05, 3.63) is 63.6 Å². The lowest BCUT2D eigenvalue weighted by Gasteiger charge is -2.19. The highest BCUT2D eigenvalue weighted by molar-refractivity contribution is 6.37. The van der Waals surface area contributed by atoms with Crippen LogP contribution in [0.2, 0.25) is 10.0 Å². The molecule has 2 aromatic carbocycles. The lowest BCUT2D eigenvalue weighted by molar-refractivity contribution is -0.125. The van der Waals surface area contributed by atoms with E-state index in [4.69, 9.17) is 23.2 Å². The van der Waals surface area contributed by atoms with Gasteiger partial charge in [-0.25, -0.2) is 5.43 Å². The van der Waals surface area contributed by atoms with Crippen molar-refractivity contribution < 1.29 is 9.59 Å². The second-order valence-corrected chi connectivity index (χ2v) is 8.01. The summed E-state index contributed by atoms with van der Waals surface area (Å²) in [5.41, 5.74) is 5.22. The third-order valence-electron chi connectivity index (χ3n) is 5.05. The maximum atomic E-state index is 12.4. The van der Waals surface area contributed by atoms with Gasteiger partial charge in [-0.3, -0.25) is 9.59 Å². The van der Waals surface area contributed by atoms with Crippen LogP contribution in [-0.4, -0.2) is 17.5 Å². The van der Waals surface area contributed by atoms with Crippen molar-refractivity contribution >= 4 is 46.4 Å². The number of carbonyl (C=O) groups excluding carboxylic acids is 2. The molecule has 0 unspecified atom stereocenters. The number of benzene rings is 2. The van der Waals surface area contributed by atoms with E-state index < -0.39 is 0 Å². The molecule has 1 fully saturated rings. The molecule has 29 heavy (non-hydrogen) atoms. The topological polar surface area (TPSA) is 70.6 Å². The van der Waals surface area contributed by atoms with Crippen LogP contribution in [0.5, 0.6) is 0 Å². The van der Waals surface area contributed by atoms with Crippen molar-refractivity contribution in [2.24, 2.45) is 11.0 Å². The Morgan fingerprint density at radius 2 is 1.69 bits per heavy atom. The molecule has 0 bridgehead atoms. The highest BCUT2D eigenvalue weighted by Crippen LogP contribution is 2.24. The number of hydrazone groups is 1. The van der Waals surface area contributed by atoms with Crippen molar-refractivity contribution in [3.8, 4) is 0 Å². The van der Waals surface area contributed by atoms with E-state index in [1.54, 1.807) is 24.3 Å². The van der Waals surface area contributed by atoms with Gasteiger partial charge in [0, 0.05) is 16.6 Å². The highest BCUT2D eigenvalue weighted by atomic mass is 35.5. The summed E-state index contributed by atoms with van der Waals surface area (Å²) in [4.78, 5) is 24.6. The molecule has 0 aliphatic heterocycles. The fraction of sp³-hybridized carbons (Fsp3) is 0.318. The molecule has 1 saturated carbocycles. The number of nitrogens with one attached hydrogen (secondary N) is 2. The predicted octanol–water partition coefficient (Wildman–Crippen LogP) is 5.67. The molecule has 2 N–H and O–H groups in total. The molecule has 152 valence electrons. The second-order valence-electron chi connectivity index (χ2n) is 7.16. The molecule has 0 aromatic heterocycles. The van der Waals surface area contributed by atoms with Crippen LogP contribution in [0.4, 0.5) is 5.69 Å². The minimum atomic E-state index is -0.315. The normalized spacial score (nSPS) is 15.1. The van der Waals surface area contributed by atoms with E-state index in [1.165, 1.54) is 12.5 Å². The fourth-order valence-electron chi connectivity index (χ4n) is 3.33. The van der Waals surface area contributed by atoms with Crippen molar-refractivity contribution in [2.75, 3.05) is 5.32 Å². The van der Waals surface area contributed by atoms with E-state index in [9.17, 15) is 9.59 Å². The first kappa shape index (κ1) is 21.3. The van der Waals surface area contributed by atoms with Crippen LogP contribution in [0.25, 0.3) is 0 Å². The van der Waals surface area contributed by atoms with Gasteiger partial charge in [0.05, 0.1) is 16.3 Å². The second kappa shape index (κ2) is 9.90. The van der Waals surface area contributed by atoms with E-state index in [1.807, 2.05) is 19.1 Å². The monoisotopic (exact) mass is 431 g/mol. The summed E-state index contributed by atoms with van der Waals surface area (Å²) in [6, 6.07) is 12.0. The molecule has 2 amide bonds. The van der Waals surface area contributed by atoms with Gasteiger partial charge in [-0.2, -0.15) is 5.10 Å². The predicted molar refractivity (Wildman–Crippen MR) is 118 cm³/mol. The fourth-order valence-corrected chi connectivity index (χ4v) is 3.82. The first-order valence-electron chi connectivity index (χ1n) is 9.65. The van der Waals surface area contributed by atoms with Crippen LogP contribution in [0.1, 0.15) is 54.9 Å². The molecule has 0 heterocycles. The van der Waals surface area contributed by atoms with Gasteiger partial charge < -0.3 is 5.32 Å². The molecular weight excluding hydrogens is 409 g/mol. The third kappa shape index (κ3) is 5.81. The van der Waals surface area contributed by atoms with E-state index in [0.29, 0.717) is 27.0 Å². The van der Waals surface area contributed by atoms with Gasteiger partial charge in [0.2, 0.25) is 5.91 Å². The molecule has 5 nitrogen and oxygen atoms in total. The zero-order valence-electron chi connectivity index (χ0n) is 16.2. The average molecular weight is 432 g/mol. The lowest BCUT2D eigenvalue weighted by Crippen LogP contribution is -2.29. The highest BCUT2D eigenvalue weighted by Gasteiger charge is 2.20. The van der Waals surface area contributed by atoms with Gasteiger partial charge in [0.25, 0.3) is 5.91 Å². The van der Waals surface area contributed by atoms with Gasteiger partial charge >= 0.3 is 0 Å². The number of hydrogen-bond acceptors (Lipinski definition) is 3. The summed E-state index contributed by atoms with van der Waals surface area (Å²) in [5, 5.41) is 7.80. The Balaban J connectivity index is 1.60. The molecule has 1 aliphatic rings. The molecule has 3 rings (SSSR count). The molecule has 7 heteroatoms. The summed E-state index contributed by atoms with van der Waals surface area (Å²) < 4.78 is 0. The maximum absolute atomic E-state index is 12.4. The van der Waals surface area contributed by atoms with E-state index >= 15 is 0 Å². The molecule has 2 aromatic rings. The largest absolute Gasteiger partial charge is 0.322 e. The Bertz CT molecular complexity index is 920. The van der Waals surface area contributed by atoms with E-state index in [2.05, 4.69) is 15.8 Å². The molecule has 1 aliphatic carbocycles. The zero-order valence-corrected chi connectivity index (χ0v) is 17.7. The summed E-state index contributed by atoms with van der Waals surface area (Å²) in [6.45, 7) is 1.84. The van der Waals surface area contributed by atoms with Gasteiger partial charge in [-0.15, -0.1) is 0 Å². The third-order valence-corrected chi connectivity index (χ3v) is 5.59. The Morgan fingerprint density at radius 3 is 2.34 bits per heavy atom. The van der Waals surface area contributed by atoms with Gasteiger partial charge in [0.1, 0.15) is 0 Å². The van der Waals surface area contributed by atoms with Crippen molar-refractivity contribution in [2.45, 2.75) is 39.0 Å². The van der Waals surface area contributed by atoms with Crippen LogP contribution >= 0.6 is 23.2 Å². The van der Waals surface area contributed by atoms with Gasteiger partial charge in [-0.1, -0.05) is 54.6 Å². The van der Waals surface area contributed by atoms with Crippen molar-refractivity contribution in [1.82, 2.24) is 5.43 Å². The first-order valence-corrected chi connectivity index (χ1v) is 10.4. The Hall–Kier alpha value is -2.37. The number of nitrogens with zero attached hydrogens (tertiary/aromatic N) is 1. The minimum absolute atomic E-state index is 0.00669. The minimum Gasteiger partial charge on any atom is -0.322 e. The van der Waals surface area contributed by atoms with E-state index in [-0.39, 0.29) is 17.7 Å². The molecular formula is C22H23Cl2N3O2. The lowest BCUT2D eigenvalue weighted by atomic mass is 9.89. The van der Waals surface area contributed by atoms with E-state index in [0.717, 1.165) is 31.2 Å². The van der Waals surface area contributed by atoms with Crippen LogP contribution in [0.15, 0.2) is 47.6 Å². The zero-order chi connectivity index (χ0) is 20.8. The number of amides is 2. The smallest absolute Gasteiger partial charge is 0.257 e. The van der Waals surface area contributed by atoms with Crippen LogP contribution in [0, 0.1) is 5.92 Å². The quantitative estimate of drug-likeness (QED) is 0.472. The van der Waals surface area contributed by atoms with Gasteiger partial charge in [-0.05, 0) is 55.7 Å². The van der Waals surface area contributed by atoms with Crippen LogP contribution in [-0.2, 0) is 4.79 Å². The summed E-state index contributed by atoms with van der Waals surface area (Å²) in [7, 11) is 0. The summed E-state index contributed by atoms with van der Waals surface area (Å²) in [5.74, 6) is -0.255. The number of carbonyl (C=O) groups is 2. The Kier molecular flexibility index (Phi) is 7.29. The molecule has 0 radical (unpaired) electrons. The average Bonchev–Trinajstić information content (AvgIpc) is 2.72. The van der Waals surface area contributed by atoms with Crippen molar-refractivity contribution in [3.63, 3.8) is 0 Å². The maximum Gasteiger partial charge on any atom is 0.257 e. The Labute approximate surface area is 180 Å². The molecule has 0 saturated heterocycles. The first-order chi connectivity index (χ1) is 13.9. The van der Waals surface area contributed by atoms with Gasteiger partial charge in [0.15, 0.2) is 0 Å². The SMILES string of the molecule is CC(=NNC(=O)C1CCCCC1)c1ccc(NC(=O)c2ccc(Cl)cc2Cl)cc1.